The van der Waals surface area contributed by atoms with Crippen LogP contribution in [0.2, 0.25) is 0 Å². The molecule has 8 heteroatoms. The molecule has 0 heterocycles. The van der Waals surface area contributed by atoms with Gasteiger partial charge in [-0.2, -0.15) is 0 Å². The average Bonchev–Trinajstić information content (AvgIpc) is 2.68. The van der Waals surface area contributed by atoms with Crippen molar-refractivity contribution in [3.8, 4) is 0 Å². The van der Waals surface area contributed by atoms with Crippen LogP contribution in [-0.4, -0.2) is 45.2 Å². The molecule has 0 saturated carbocycles. The molecule has 6 nitrogen and oxygen atoms in total. The molecule has 27 heavy (non-hydrogen) atoms. The molecule has 0 bridgehead atoms. The van der Waals surface area contributed by atoms with Crippen molar-refractivity contribution < 1.29 is 37.3 Å². The normalized spacial score (nSPS) is 10.7. The van der Waals surface area contributed by atoms with E-state index in [4.69, 9.17) is 18.9 Å². The fourth-order valence-electron chi connectivity index (χ4n) is 1.98. The first-order valence-corrected chi connectivity index (χ1v) is 7.95. The standard InChI is InChI=1S/C19H18F2O6/c1-24-12-27-17(10-25-18(22)13-2-6-15(20)7-3-13)11-26-19(23)14-4-8-16(21)9-5-14/h2-9,17H,10-12H2,1H3. The van der Waals surface area contributed by atoms with E-state index in [2.05, 4.69) is 0 Å². The predicted molar refractivity (Wildman–Crippen MR) is 90.1 cm³/mol. The van der Waals surface area contributed by atoms with Crippen molar-refractivity contribution in [2.45, 2.75) is 6.10 Å². The zero-order valence-corrected chi connectivity index (χ0v) is 14.5. The third kappa shape index (κ3) is 6.76. The number of carbonyl (C=O) groups is 2. The van der Waals surface area contributed by atoms with Crippen molar-refractivity contribution in [1.82, 2.24) is 0 Å². The third-order valence-electron chi connectivity index (χ3n) is 3.38. The van der Waals surface area contributed by atoms with Crippen molar-refractivity contribution >= 4 is 11.9 Å². The average molecular weight is 380 g/mol. The largest absolute Gasteiger partial charge is 0.459 e. The van der Waals surface area contributed by atoms with E-state index in [0.717, 1.165) is 24.3 Å². The van der Waals surface area contributed by atoms with Crippen molar-refractivity contribution in [3.05, 3.63) is 71.3 Å². The van der Waals surface area contributed by atoms with E-state index in [1.54, 1.807) is 0 Å². The number of esters is 2. The number of benzene rings is 2. The molecule has 0 aliphatic heterocycles. The van der Waals surface area contributed by atoms with Gasteiger partial charge in [0, 0.05) is 7.11 Å². The highest BCUT2D eigenvalue weighted by molar-refractivity contribution is 5.89. The van der Waals surface area contributed by atoms with Gasteiger partial charge in [0.25, 0.3) is 0 Å². The van der Waals surface area contributed by atoms with Crippen LogP contribution in [0.25, 0.3) is 0 Å². The Kier molecular flexibility index (Phi) is 7.84. The lowest BCUT2D eigenvalue weighted by atomic mass is 10.2. The topological polar surface area (TPSA) is 71.1 Å². The van der Waals surface area contributed by atoms with Gasteiger partial charge in [-0.05, 0) is 48.5 Å². The van der Waals surface area contributed by atoms with Gasteiger partial charge in [-0.3, -0.25) is 0 Å². The Bertz CT molecular complexity index is 684. The molecule has 0 amide bonds. The van der Waals surface area contributed by atoms with Gasteiger partial charge in [0.15, 0.2) is 0 Å². The third-order valence-corrected chi connectivity index (χ3v) is 3.38. The summed E-state index contributed by atoms with van der Waals surface area (Å²) in [4.78, 5) is 23.9. The van der Waals surface area contributed by atoms with E-state index in [1.807, 2.05) is 0 Å². The Labute approximate surface area is 154 Å². The fraction of sp³-hybridized carbons (Fsp3) is 0.263. The molecule has 0 radical (unpaired) electrons. The van der Waals surface area contributed by atoms with Gasteiger partial charge < -0.3 is 18.9 Å². The molecule has 0 aliphatic rings. The number of rotatable bonds is 9. The minimum atomic E-state index is -0.779. The second-order valence-electron chi connectivity index (χ2n) is 5.41. The van der Waals surface area contributed by atoms with Gasteiger partial charge in [-0.25, -0.2) is 18.4 Å². The number of ether oxygens (including phenoxy) is 4. The van der Waals surface area contributed by atoms with Crippen LogP contribution in [0.1, 0.15) is 20.7 Å². The Morgan fingerprint density at radius 3 is 1.59 bits per heavy atom. The van der Waals surface area contributed by atoms with E-state index in [-0.39, 0.29) is 31.1 Å². The van der Waals surface area contributed by atoms with Gasteiger partial charge >= 0.3 is 11.9 Å². The van der Waals surface area contributed by atoms with Crippen LogP contribution in [-0.2, 0) is 18.9 Å². The Balaban J connectivity index is 1.88. The van der Waals surface area contributed by atoms with E-state index in [9.17, 15) is 18.4 Å². The second kappa shape index (κ2) is 10.3. The fourth-order valence-corrected chi connectivity index (χ4v) is 1.98. The molecule has 0 unspecified atom stereocenters. The van der Waals surface area contributed by atoms with E-state index < -0.39 is 29.7 Å². The maximum Gasteiger partial charge on any atom is 0.338 e. The first-order chi connectivity index (χ1) is 13.0. The van der Waals surface area contributed by atoms with Gasteiger partial charge in [-0.1, -0.05) is 0 Å². The van der Waals surface area contributed by atoms with Crippen molar-refractivity contribution in [3.63, 3.8) is 0 Å². The van der Waals surface area contributed by atoms with Crippen LogP contribution in [0.5, 0.6) is 0 Å². The molecule has 0 saturated heterocycles. The molecule has 2 rings (SSSR count). The Hall–Kier alpha value is -2.84. The SMILES string of the molecule is COCOC(COC(=O)c1ccc(F)cc1)COC(=O)c1ccc(F)cc1. The summed E-state index contributed by atoms with van der Waals surface area (Å²) in [5.74, 6) is -2.29. The summed E-state index contributed by atoms with van der Waals surface area (Å²) in [6.45, 7) is -0.528. The smallest absolute Gasteiger partial charge is 0.338 e. The van der Waals surface area contributed by atoms with Crippen LogP contribution in [0, 0.1) is 11.6 Å². The predicted octanol–water partition coefficient (Wildman–Crippen LogP) is 2.97. The lowest BCUT2D eigenvalue weighted by molar-refractivity contribution is -0.106. The lowest BCUT2D eigenvalue weighted by Crippen LogP contribution is -2.29. The van der Waals surface area contributed by atoms with Crippen LogP contribution < -0.4 is 0 Å². The quantitative estimate of drug-likeness (QED) is 0.492. The number of hydrogen-bond acceptors (Lipinski definition) is 6. The highest BCUT2D eigenvalue weighted by Gasteiger charge is 2.17. The van der Waals surface area contributed by atoms with E-state index >= 15 is 0 Å². The molecule has 0 aliphatic carbocycles. The van der Waals surface area contributed by atoms with Crippen molar-refractivity contribution in [2.24, 2.45) is 0 Å². The van der Waals surface area contributed by atoms with Gasteiger partial charge in [0.2, 0.25) is 0 Å². The first-order valence-electron chi connectivity index (χ1n) is 7.95. The molecular formula is C19H18F2O6. The lowest BCUT2D eigenvalue weighted by Gasteiger charge is -2.17. The Morgan fingerprint density at radius 1 is 0.815 bits per heavy atom. The number of hydrogen-bond donors (Lipinski definition) is 0. The van der Waals surface area contributed by atoms with Gasteiger partial charge in [0.05, 0.1) is 11.1 Å². The molecule has 144 valence electrons. The molecule has 0 N–H and O–H groups in total. The summed E-state index contributed by atoms with van der Waals surface area (Å²) in [5, 5.41) is 0. The zero-order valence-electron chi connectivity index (χ0n) is 14.5. The van der Waals surface area contributed by atoms with Crippen molar-refractivity contribution in [1.29, 1.82) is 0 Å². The minimum Gasteiger partial charge on any atom is -0.459 e. The minimum absolute atomic E-state index is 0.104. The highest BCUT2D eigenvalue weighted by atomic mass is 19.1. The molecule has 0 atom stereocenters. The summed E-state index contributed by atoms with van der Waals surface area (Å²) in [6, 6.07) is 9.71. The van der Waals surface area contributed by atoms with Gasteiger partial charge in [-0.15, -0.1) is 0 Å². The van der Waals surface area contributed by atoms with Crippen LogP contribution in [0.15, 0.2) is 48.5 Å². The molecular weight excluding hydrogens is 362 g/mol. The van der Waals surface area contributed by atoms with Crippen LogP contribution in [0.4, 0.5) is 8.78 Å². The summed E-state index contributed by atoms with van der Waals surface area (Å²) in [5.41, 5.74) is 0.343. The van der Waals surface area contributed by atoms with Crippen molar-refractivity contribution in [2.75, 3.05) is 27.1 Å². The van der Waals surface area contributed by atoms with E-state index in [1.165, 1.54) is 31.4 Å². The summed E-state index contributed by atoms with van der Waals surface area (Å²) < 4.78 is 46.1. The van der Waals surface area contributed by atoms with Crippen LogP contribution >= 0.6 is 0 Å². The van der Waals surface area contributed by atoms with Gasteiger partial charge in [0.1, 0.15) is 37.7 Å². The monoisotopic (exact) mass is 380 g/mol. The molecule has 0 aromatic heterocycles. The molecule has 0 spiro atoms. The summed E-state index contributed by atoms with van der Waals surface area (Å²) in [7, 11) is 1.41. The summed E-state index contributed by atoms with van der Waals surface area (Å²) in [6.07, 6.45) is -0.779. The number of methoxy groups -OCH3 is 1. The summed E-state index contributed by atoms with van der Waals surface area (Å²) >= 11 is 0. The van der Waals surface area contributed by atoms with E-state index in [0.29, 0.717) is 0 Å². The number of carbonyl (C=O) groups excluding carboxylic acids is 2. The highest BCUT2D eigenvalue weighted by Crippen LogP contribution is 2.08. The second-order valence-corrected chi connectivity index (χ2v) is 5.41. The molecule has 0 fully saturated rings. The maximum absolute atomic E-state index is 12.9. The number of halogens is 2. The van der Waals surface area contributed by atoms with Crippen LogP contribution in [0.3, 0.4) is 0 Å². The molecule has 2 aromatic rings. The molecule has 2 aromatic carbocycles. The first kappa shape index (κ1) is 20.5. The maximum atomic E-state index is 12.9. The zero-order chi connectivity index (χ0) is 19.6. The Morgan fingerprint density at radius 2 is 1.22 bits per heavy atom.